The van der Waals surface area contributed by atoms with Crippen molar-refractivity contribution in [2.24, 2.45) is 10.7 Å². The highest BCUT2D eigenvalue weighted by Gasteiger charge is 2.13. The molecule has 0 unspecified atom stereocenters. The van der Waals surface area contributed by atoms with E-state index in [1.54, 1.807) is 24.3 Å². The number of carbonyl (C=O) groups is 1. The van der Waals surface area contributed by atoms with E-state index in [0.29, 0.717) is 27.7 Å². The number of nitrogens with one attached hydrogen (secondary N) is 2. The fourth-order valence-electron chi connectivity index (χ4n) is 2.58. The number of nitrogens with two attached hydrogens (primary N) is 1. The third-order valence-corrected chi connectivity index (χ3v) is 5.04. The Morgan fingerprint density at radius 3 is 2.74 bits per heavy atom. The summed E-state index contributed by atoms with van der Waals surface area (Å²) in [5, 5.41) is 11.8. The van der Waals surface area contributed by atoms with Crippen LogP contribution in [0.2, 0.25) is 0 Å². The standard InChI is InChI=1S/C18H16N6OS2/c1-2-24(13-7-8-14-15(9-13)27-18(26)23-14)17(21-10-19)22-12-5-3-11(4-6-12)16(20)25/h3-9H,2H2,1H3,(H2,20,25)(H,21,22)(H,23,26). The smallest absolute Gasteiger partial charge is 0.248 e. The Bertz CT molecular complexity index is 1110. The molecule has 1 aromatic heterocycles. The molecule has 0 spiro atoms. The van der Waals surface area contributed by atoms with Crippen LogP contribution in [0.4, 0.5) is 11.4 Å². The molecule has 0 saturated heterocycles. The van der Waals surface area contributed by atoms with Crippen LogP contribution in [0.3, 0.4) is 0 Å². The number of aromatic nitrogens is 1. The molecule has 27 heavy (non-hydrogen) atoms. The van der Waals surface area contributed by atoms with Gasteiger partial charge in [-0.15, -0.1) is 11.3 Å². The molecule has 3 aromatic rings. The minimum Gasteiger partial charge on any atom is -0.366 e. The summed E-state index contributed by atoms with van der Waals surface area (Å²) in [5.41, 5.74) is 8.10. The number of nitrogens with zero attached hydrogens (tertiary/aromatic N) is 3. The highest BCUT2D eigenvalue weighted by molar-refractivity contribution is 7.73. The van der Waals surface area contributed by atoms with E-state index in [2.05, 4.69) is 15.3 Å². The maximum absolute atomic E-state index is 11.2. The van der Waals surface area contributed by atoms with Gasteiger partial charge in [-0.3, -0.25) is 10.1 Å². The van der Waals surface area contributed by atoms with Gasteiger partial charge in [-0.2, -0.15) is 5.26 Å². The number of hydrogen-bond donors (Lipinski definition) is 3. The van der Waals surface area contributed by atoms with E-state index >= 15 is 0 Å². The quantitative estimate of drug-likeness (QED) is 0.205. The van der Waals surface area contributed by atoms with Gasteiger partial charge in [-0.1, -0.05) is 0 Å². The summed E-state index contributed by atoms with van der Waals surface area (Å²) < 4.78 is 1.74. The molecule has 7 nitrogen and oxygen atoms in total. The van der Waals surface area contributed by atoms with Crippen molar-refractivity contribution in [2.75, 3.05) is 11.4 Å². The van der Waals surface area contributed by atoms with Crippen LogP contribution in [0.5, 0.6) is 0 Å². The SMILES string of the molecule is CCN(C(=Nc1ccc(C(N)=O)cc1)NC#N)c1ccc2[nH]c(=S)sc2c1. The Balaban J connectivity index is 2.00. The number of fused-ring (bicyclic) bond motifs is 1. The molecule has 9 heteroatoms. The van der Waals surface area contributed by atoms with Gasteiger partial charge in [0.1, 0.15) is 0 Å². The lowest BCUT2D eigenvalue weighted by atomic mass is 10.2. The first-order valence-electron chi connectivity index (χ1n) is 8.06. The number of benzene rings is 2. The molecule has 4 N–H and O–H groups in total. The van der Waals surface area contributed by atoms with E-state index in [-0.39, 0.29) is 0 Å². The number of aliphatic imine (C=N–C) groups is 1. The predicted octanol–water partition coefficient (Wildman–Crippen LogP) is 3.64. The van der Waals surface area contributed by atoms with Gasteiger partial charge in [0.2, 0.25) is 11.9 Å². The number of rotatable bonds is 4. The number of thiazole rings is 1. The summed E-state index contributed by atoms with van der Waals surface area (Å²) in [7, 11) is 0. The molecule has 136 valence electrons. The first-order valence-corrected chi connectivity index (χ1v) is 9.28. The average Bonchev–Trinajstić information content (AvgIpc) is 3.02. The first-order chi connectivity index (χ1) is 13.0. The topological polar surface area (TPSA) is 110 Å². The molecule has 0 aliphatic carbocycles. The minimum absolute atomic E-state index is 0.380. The van der Waals surface area contributed by atoms with Crippen LogP contribution in [0, 0.1) is 15.4 Å². The Morgan fingerprint density at radius 1 is 1.37 bits per heavy atom. The monoisotopic (exact) mass is 396 g/mol. The lowest BCUT2D eigenvalue weighted by Gasteiger charge is -2.23. The van der Waals surface area contributed by atoms with Crippen molar-refractivity contribution in [2.45, 2.75) is 6.92 Å². The summed E-state index contributed by atoms with van der Waals surface area (Å²) in [6, 6.07) is 12.4. The van der Waals surface area contributed by atoms with Gasteiger partial charge in [0, 0.05) is 17.8 Å². The number of carbonyl (C=O) groups excluding carboxylic acids is 1. The zero-order valence-electron chi connectivity index (χ0n) is 14.4. The normalized spacial score (nSPS) is 11.2. The van der Waals surface area contributed by atoms with E-state index in [0.717, 1.165) is 15.9 Å². The predicted molar refractivity (Wildman–Crippen MR) is 111 cm³/mol. The zero-order chi connectivity index (χ0) is 19.4. The largest absolute Gasteiger partial charge is 0.366 e. The van der Waals surface area contributed by atoms with Gasteiger partial charge in [0.25, 0.3) is 0 Å². The van der Waals surface area contributed by atoms with Crippen molar-refractivity contribution in [1.29, 1.82) is 5.26 Å². The van der Waals surface area contributed by atoms with Crippen molar-refractivity contribution >= 4 is 57.0 Å². The summed E-state index contributed by atoms with van der Waals surface area (Å²) in [4.78, 5) is 20.7. The second-order valence-corrected chi connectivity index (χ2v) is 7.24. The van der Waals surface area contributed by atoms with Crippen LogP contribution < -0.4 is 16.0 Å². The number of guanidine groups is 1. The molecule has 0 bridgehead atoms. The number of primary amides is 1. The van der Waals surface area contributed by atoms with Gasteiger partial charge >= 0.3 is 0 Å². The number of H-pyrrole nitrogens is 1. The molecule has 1 amide bonds. The van der Waals surface area contributed by atoms with Crippen molar-refractivity contribution < 1.29 is 4.79 Å². The third kappa shape index (κ3) is 4.13. The summed E-state index contributed by atoms with van der Waals surface area (Å²) in [6.07, 6.45) is 1.93. The maximum Gasteiger partial charge on any atom is 0.248 e. The first kappa shape index (κ1) is 18.6. The molecule has 1 heterocycles. The van der Waals surface area contributed by atoms with Crippen LogP contribution in [-0.2, 0) is 0 Å². The molecule has 0 saturated carbocycles. The average molecular weight is 397 g/mol. The molecule has 0 radical (unpaired) electrons. The zero-order valence-corrected chi connectivity index (χ0v) is 16.0. The van der Waals surface area contributed by atoms with Crippen molar-refractivity contribution in [3.8, 4) is 6.19 Å². The molecular weight excluding hydrogens is 380 g/mol. The molecule has 0 aliphatic rings. The second-order valence-electron chi connectivity index (χ2n) is 5.52. The van der Waals surface area contributed by atoms with Gasteiger partial charge < -0.3 is 15.6 Å². The summed E-state index contributed by atoms with van der Waals surface area (Å²) >= 11 is 6.69. The highest BCUT2D eigenvalue weighted by Crippen LogP contribution is 2.26. The van der Waals surface area contributed by atoms with E-state index in [1.165, 1.54) is 11.3 Å². The van der Waals surface area contributed by atoms with Gasteiger partial charge in [0.15, 0.2) is 10.1 Å². The van der Waals surface area contributed by atoms with Crippen LogP contribution in [0.25, 0.3) is 10.2 Å². The molecular formula is C18H16N6OS2. The van der Waals surface area contributed by atoms with Gasteiger partial charge in [0.05, 0.1) is 15.9 Å². The fraction of sp³-hybridized carbons (Fsp3) is 0.111. The van der Waals surface area contributed by atoms with E-state index in [9.17, 15) is 4.79 Å². The van der Waals surface area contributed by atoms with E-state index in [1.807, 2.05) is 36.2 Å². The fourth-order valence-corrected chi connectivity index (χ4v) is 3.73. The van der Waals surface area contributed by atoms with Crippen LogP contribution in [-0.4, -0.2) is 23.4 Å². The molecule has 2 aromatic carbocycles. The number of hydrogen-bond acceptors (Lipinski definition) is 5. The number of amides is 1. The minimum atomic E-state index is -0.502. The number of nitriles is 1. The number of anilines is 1. The third-order valence-electron chi connectivity index (χ3n) is 3.84. The lowest BCUT2D eigenvalue weighted by molar-refractivity contribution is 0.100. The van der Waals surface area contributed by atoms with E-state index < -0.39 is 5.91 Å². The second kappa shape index (κ2) is 7.99. The Labute approximate surface area is 164 Å². The summed E-state index contributed by atoms with van der Waals surface area (Å²) in [5.74, 6) is -0.122. The van der Waals surface area contributed by atoms with Crippen molar-refractivity contribution in [3.05, 3.63) is 52.0 Å². The molecule has 3 rings (SSSR count). The molecule has 0 aliphatic heterocycles. The number of aromatic amines is 1. The van der Waals surface area contributed by atoms with Crippen LogP contribution in [0.1, 0.15) is 17.3 Å². The van der Waals surface area contributed by atoms with Crippen molar-refractivity contribution in [1.82, 2.24) is 10.3 Å². The highest BCUT2D eigenvalue weighted by atomic mass is 32.1. The van der Waals surface area contributed by atoms with Crippen LogP contribution in [0.15, 0.2) is 47.5 Å². The van der Waals surface area contributed by atoms with Gasteiger partial charge in [-0.25, -0.2) is 4.99 Å². The Morgan fingerprint density at radius 2 is 2.11 bits per heavy atom. The molecule has 0 atom stereocenters. The Kier molecular flexibility index (Phi) is 5.49. The lowest BCUT2D eigenvalue weighted by Crippen LogP contribution is -2.39. The van der Waals surface area contributed by atoms with Crippen LogP contribution >= 0.6 is 23.6 Å². The molecule has 0 fully saturated rings. The van der Waals surface area contributed by atoms with E-state index in [4.69, 9.17) is 23.2 Å². The van der Waals surface area contributed by atoms with Crippen molar-refractivity contribution in [3.63, 3.8) is 0 Å². The summed E-state index contributed by atoms with van der Waals surface area (Å²) in [6.45, 7) is 2.56. The Hall–Kier alpha value is -3.22. The van der Waals surface area contributed by atoms with Gasteiger partial charge in [-0.05, 0) is 61.6 Å². The maximum atomic E-state index is 11.2.